The molecular weight excluding hydrogens is 482 g/mol. The van der Waals surface area contributed by atoms with Crippen LogP contribution in [0.3, 0.4) is 0 Å². The van der Waals surface area contributed by atoms with E-state index in [1.165, 1.54) is 26.8 Å². The van der Waals surface area contributed by atoms with E-state index in [9.17, 15) is 9.90 Å². The van der Waals surface area contributed by atoms with Gasteiger partial charge in [-0.05, 0) is 55.2 Å². The van der Waals surface area contributed by atoms with E-state index in [0.29, 0.717) is 24.4 Å². The molecule has 0 atom stereocenters. The third kappa shape index (κ3) is 4.40. The van der Waals surface area contributed by atoms with Gasteiger partial charge in [0.15, 0.2) is 5.82 Å². The Labute approximate surface area is 217 Å². The number of aryl methyl sites for hydroxylation is 5. The van der Waals surface area contributed by atoms with Crippen LogP contribution in [0, 0.1) is 6.92 Å². The van der Waals surface area contributed by atoms with Crippen molar-refractivity contribution in [2.45, 2.75) is 32.7 Å². The summed E-state index contributed by atoms with van der Waals surface area (Å²) < 4.78 is 3.53. The number of thiophene rings is 1. The summed E-state index contributed by atoms with van der Waals surface area (Å²) in [6, 6.07) is 22.5. The van der Waals surface area contributed by atoms with E-state index in [4.69, 9.17) is 0 Å². The molecule has 37 heavy (non-hydrogen) atoms. The lowest BCUT2D eigenvalue weighted by Gasteiger charge is -2.12. The molecular formula is C29H25N5O2S. The highest BCUT2D eigenvalue weighted by Gasteiger charge is 2.22. The standard InChI is InChI=1S/C29H25N5O2S/c1-18-6-8-19(9-7-18)10-12-22-23-16-20(29(35)36)11-13-25(23)34(15-14-27-30-32-33-31-27)28(22)24-17-37-26-5-3-2-4-21(24)26/h2-9,11,13,16-17H,10,12,14-15H2,1H3,(H,35,36)(H,30,31,32,33). The highest BCUT2D eigenvalue weighted by molar-refractivity contribution is 7.17. The summed E-state index contributed by atoms with van der Waals surface area (Å²) in [5, 5.41) is 28.7. The minimum atomic E-state index is -0.923. The molecule has 8 heteroatoms. The first kappa shape index (κ1) is 23.1. The molecule has 3 heterocycles. The first-order valence-electron chi connectivity index (χ1n) is 12.2. The van der Waals surface area contributed by atoms with Crippen LogP contribution in [0.4, 0.5) is 0 Å². The fourth-order valence-corrected chi connectivity index (χ4v) is 5.98. The van der Waals surface area contributed by atoms with E-state index in [1.54, 1.807) is 17.4 Å². The summed E-state index contributed by atoms with van der Waals surface area (Å²) in [5.41, 5.74) is 7.26. The monoisotopic (exact) mass is 507 g/mol. The van der Waals surface area contributed by atoms with Crippen molar-refractivity contribution in [2.75, 3.05) is 0 Å². The maximum Gasteiger partial charge on any atom is 0.335 e. The lowest BCUT2D eigenvalue weighted by Crippen LogP contribution is -2.05. The van der Waals surface area contributed by atoms with Crippen LogP contribution in [0.25, 0.3) is 32.2 Å². The van der Waals surface area contributed by atoms with Gasteiger partial charge >= 0.3 is 5.97 Å². The molecule has 0 radical (unpaired) electrons. The molecule has 0 unspecified atom stereocenters. The molecule has 0 saturated carbocycles. The number of carboxylic acids is 1. The van der Waals surface area contributed by atoms with Crippen molar-refractivity contribution in [1.82, 2.24) is 25.2 Å². The molecule has 0 aliphatic carbocycles. The molecule has 3 aromatic heterocycles. The number of rotatable bonds is 8. The number of fused-ring (bicyclic) bond motifs is 2. The number of aromatic nitrogens is 5. The Kier molecular flexibility index (Phi) is 6.02. The number of H-pyrrole nitrogens is 1. The van der Waals surface area contributed by atoms with Crippen molar-refractivity contribution in [3.8, 4) is 11.3 Å². The maximum absolute atomic E-state index is 11.9. The highest BCUT2D eigenvalue weighted by Crippen LogP contribution is 2.41. The molecule has 6 rings (SSSR count). The van der Waals surface area contributed by atoms with Crippen LogP contribution in [0.2, 0.25) is 0 Å². The number of benzene rings is 3. The summed E-state index contributed by atoms with van der Waals surface area (Å²) in [5.74, 6) is -0.278. The second kappa shape index (κ2) is 9.63. The SMILES string of the molecule is Cc1ccc(CCc2c(-c3csc4ccccc34)n(CCc3nn[nH]n3)c3ccc(C(=O)O)cc23)cc1. The Balaban J connectivity index is 1.56. The Morgan fingerprint density at radius 1 is 1.00 bits per heavy atom. The Bertz CT molecular complexity index is 1720. The van der Waals surface area contributed by atoms with Crippen LogP contribution < -0.4 is 0 Å². The topological polar surface area (TPSA) is 96.7 Å². The molecule has 0 aliphatic heterocycles. The first-order valence-corrected chi connectivity index (χ1v) is 13.1. The average Bonchev–Trinajstić information content (AvgIpc) is 3.64. The number of hydrogen-bond donors (Lipinski definition) is 2. The highest BCUT2D eigenvalue weighted by atomic mass is 32.1. The molecule has 0 fully saturated rings. The van der Waals surface area contributed by atoms with Gasteiger partial charge < -0.3 is 9.67 Å². The van der Waals surface area contributed by atoms with E-state index in [-0.39, 0.29) is 0 Å². The summed E-state index contributed by atoms with van der Waals surface area (Å²) in [6.45, 7) is 2.74. The van der Waals surface area contributed by atoms with E-state index in [2.05, 4.69) is 86.0 Å². The van der Waals surface area contributed by atoms with Crippen LogP contribution in [0.15, 0.2) is 72.1 Å². The van der Waals surface area contributed by atoms with Crippen molar-refractivity contribution >= 4 is 38.3 Å². The fraction of sp³-hybridized carbons (Fsp3) is 0.172. The molecule has 0 aliphatic rings. The predicted molar refractivity (Wildman–Crippen MR) is 146 cm³/mol. The van der Waals surface area contributed by atoms with Crippen LogP contribution in [-0.4, -0.2) is 36.3 Å². The van der Waals surface area contributed by atoms with E-state index in [0.717, 1.165) is 35.0 Å². The minimum Gasteiger partial charge on any atom is -0.478 e. The van der Waals surface area contributed by atoms with Crippen molar-refractivity contribution in [2.24, 2.45) is 0 Å². The van der Waals surface area contributed by atoms with Gasteiger partial charge in [0.1, 0.15) is 0 Å². The number of hydrogen-bond acceptors (Lipinski definition) is 5. The fourth-order valence-electron chi connectivity index (χ4n) is 5.04. The third-order valence-electron chi connectivity index (χ3n) is 6.88. The van der Waals surface area contributed by atoms with Crippen molar-refractivity contribution < 1.29 is 9.90 Å². The van der Waals surface area contributed by atoms with Gasteiger partial charge in [0, 0.05) is 44.9 Å². The van der Waals surface area contributed by atoms with Crippen LogP contribution in [0.1, 0.15) is 32.9 Å². The van der Waals surface area contributed by atoms with Crippen LogP contribution in [0.5, 0.6) is 0 Å². The van der Waals surface area contributed by atoms with E-state index >= 15 is 0 Å². The molecule has 6 aromatic rings. The molecule has 2 N–H and O–H groups in total. The number of carboxylic acid groups (broad SMARTS) is 1. The molecule has 0 saturated heterocycles. The van der Waals surface area contributed by atoms with Gasteiger partial charge in [0.25, 0.3) is 0 Å². The number of nitrogens with zero attached hydrogens (tertiary/aromatic N) is 4. The van der Waals surface area contributed by atoms with Crippen LogP contribution in [-0.2, 0) is 25.8 Å². The number of carbonyl (C=O) groups is 1. The number of aromatic carboxylic acids is 1. The Morgan fingerprint density at radius 3 is 2.62 bits per heavy atom. The van der Waals surface area contributed by atoms with Crippen molar-refractivity contribution in [3.63, 3.8) is 0 Å². The van der Waals surface area contributed by atoms with Gasteiger partial charge in [-0.15, -0.1) is 21.5 Å². The molecule has 184 valence electrons. The summed E-state index contributed by atoms with van der Waals surface area (Å²) in [7, 11) is 0. The Morgan fingerprint density at radius 2 is 1.84 bits per heavy atom. The quantitative estimate of drug-likeness (QED) is 0.261. The molecule has 0 bridgehead atoms. The minimum absolute atomic E-state index is 0.293. The molecule has 0 amide bonds. The first-order chi connectivity index (χ1) is 18.1. The third-order valence-corrected chi connectivity index (χ3v) is 7.85. The van der Waals surface area contributed by atoms with Gasteiger partial charge in [-0.25, -0.2) is 4.79 Å². The van der Waals surface area contributed by atoms with Crippen molar-refractivity contribution in [1.29, 1.82) is 0 Å². The Hall–Kier alpha value is -4.30. The molecule has 3 aromatic carbocycles. The van der Waals surface area contributed by atoms with Gasteiger partial charge in [-0.2, -0.15) is 5.21 Å². The van der Waals surface area contributed by atoms with E-state index < -0.39 is 5.97 Å². The lowest BCUT2D eigenvalue weighted by molar-refractivity contribution is 0.0697. The second-order valence-corrected chi connectivity index (χ2v) is 10.1. The number of aromatic amines is 1. The van der Waals surface area contributed by atoms with E-state index in [1.807, 2.05) is 12.1 Å². The predicted octanol–water partition coefficient (Wildman–Crippen LogP) is 6.07. The zero-order chi connectivity index (χ0) is 25.4. The van der Waals surface area contributed by atoms with Crippen LogP contribution >= 0.6 is 11.3 Å². The summed E-state index contributed by atoms with van der Waals surface area (Å²) in [6.07, 6.45) is 2.25. The molecule has 0 spiro atoms. The van der Waals surface area contributed by atoms with Gasteiger partial charge in [-0.3, -0.25) is 0 Å². The second-order valence-electron chi connectivity index (χ2n) is 9.23. The van der Waals surface area contributed by atoms with Gasteiger partial charge in [-0.1, -0.05) is 53.2 Å². The van der Waals surface area contributed by atoms with Gasteiger partial charge in [0.05, 0.1) is 11.3 Å². The smallest absolute Gasteiger partial charge is 0.335 e. The summed E-state index contributed by atoms with van der Waals surface area (Å²) >= 11 is 1.73. The lowest BCUT2D eigenvalue weighted by atomic mass is 9.97. The zero-order valence-electron chi connectivity index (χ0n) is 20.3. The normalized spacial score (nSPS) is 11.5. The molecule has 7 nitrogen and oxygen atoms in total. The number of tetrazole rings is 1. The largest absolute Gasteiger partial charge is 0.478 e. The van der Waals surface area contributed by atoms with Crippen molar-refractivity contribution in [3.05, 3.63) is 100 Å². The zero-order valence-corrected chi connectivity index (χ0v) is 21.1. The average molecular weight is 508 g/mol. The maximum atomic E-state index is 11.9. The summed E-state index contributed by atoms with van der Waals surface area (Å²) in [4.78, 5) is 11.9. The number of nitrogens with one attached hydrogen (secondary N) is 1. The van der Waals surface area contributed by atoms with Gasteiger partial charge in [0.2, 0.25) is 0 Å².